The zero-order valence-electron chi connectivity index (χ0n) is 11.1. The lowest BCUT2D eigenvalue weighted by Gasteiger charge is -2.31. The highest BCUT2D eigenvalue weighted by Gasteiger charge is 2.29. The molecule has 2 N–H and O–H groups in total. The number of benzene rings is 2. The van der Waals surface area contributed by atoms with Gasteiger partial charge >= 0.3 is 0 Å². The molecule has 2 nitrogen and oxygen atoms in total. The lowest BCUT2D eigenvalue weighted by Crippen LogP contribution is -2.25. The van der Waals surface area contributed by atoms with E-state index in [0.717, 1.165) is 17.2 Å². The number of ether oxygens (including phenoxy) is 1. The van der Waals surface area contributed by atoms with E-state index in [1.54, 1.807) is 0 Å². The summed E-state index contributed by atoms with van der Waals surface area (Å²) in [6.07, 6.45) is -0.132. The van der Waals surface area contributed by atoms with Crippen molar-refractivity contribution >= 4 is 0 Å². The molecule has 4 heteroatoms. The van der Waals surface area contributed by atoms with Crippen LogP contribution in [0.5, 0.6) is 5.75 Å². The maximum atomic E-state index is 13.9. The molecule has 1 aliphatic heterocycles. The molecule has 0 aliphatic carbocycles. The van der Waals surface area contributed by atoms with Crippen LogP contribution in [0, 0.1) is 18.6 Å². The van der Waals surface area contributed by atoms with Crippen LogP contribution in [-0.2, 0) is 0 Å². The van der Waals surface area contributed by atoms with Crippen LogP contribution in [0.4, 0.5) is 8.78 Å². The number of nitrogens with two attached hydrogens (primary N) is 1. The first-order chi connectivity index (χ1) is 9.56. The normalized spacial score (nSPS) is 21.2. The molecule has 2 aromatic carbocycles. The van der Waals surface area contributed by atoms with E-state index in [1.165, 1.54) is 12.1 Å². The fourth-order valence-electron chi connectivity index (χ4n) is 2.58. The summed E-state index contributed by atoms with van der Waals surface area (Å²) in [4.78, 5) is 0. The molecular weight excluding hydrogens is 260 g/mol. The minimum absolute atomic E-state index is 0.215. The second-order valence-electron chi connectivity index (χ2n) is 5.13. The summed E-state index contributed by atoms with van der Waals surface area (Å²) in [5.74, 6) is -1.09. The van der Waals surface area contributed by atoms with Gasteiger partial charge in [0.2, 0.25) is 0 Å². The Balaban J connectivity index is 1.99. The highest BCUT2D eigenvalue weighted by Crippen LogP contribution is 2.40. The lowest BCUT2D eigenvalue weighted by molar-refractivity contribution is 0.156. The van der Waals surface area contributed by atoms with Crippen LogP contribution in [0.2, 0.25) is 0 Å². The molecule has 0 radical (unpaired) electrons. The predicted molar refractivity (Wildman–Crippen MR) is 72.5 cm³/mol. The second-order valence-corrected chi connectivity index (χ2v) is 5.13. The SMILES string of the molecule is Cc1ccc2c(c1)[C@H](N)CC(c1cccc(F)c1F)O2. The fraction of sp³-hybridized carbons (Fsp3) is 0.250. The Morgan fingerprint density at radius 3 is 2.75 bits per heavy atom. The van der Waals surface area contributed by atoms with E-state index in [9.17, 15) is 8.78 Å². The lowest BCUT2D eigenvalue weighted by atomic mass is 9.92. The molecule has 1 heterocycles. The van der Waals surface area contributed by atoms with E-state index >= 15 is 0 Å². The summed E-state index contributed by atoms with van der Waals surface area (Å²) in [6, 6.07) is 9.58. The summed E-state index contributed by atoms with van der Waals surface area (Å²) in [7, 11) is 0. The molecule has 1 unspecified atom stereocenters. The predicted octanol–water partition coefficient (Wildman–Crippen LogP) is 3.80. The third kappa shape index (κ3) is 2.16. The second kappa shape index (κ2) is 4.87. The molecule has 20 heavy (non-hydrogen) atoms. The third-order valence-corrected chi connectivity index (χ3v) is 3.63. The molecule has 0 fully saturated rings. The molecule has 0 aromatic heterocycles. The van der Waals surface area contributed by atoms with Crippen molar-refractivity contribution in [1.82, 2.24) is 0 Å². The van der Waals surface area contributed by atoms with Gasteiger partial charge in [-0.25, -0.2) is 8.78 Å². The maximum Gasteiger partial charge on any atom is 0.165 e. The number of hydrogen-bond acceptors (Lipinski definition) is 2. The van der Waals surface area contributed by atoms with Gasteiger partial charge in [-0.2, -0.15) is 0 Å². The molecule has 2 aromatic rings. The first-order valence-corrected chi connectivity index (χ1v) is 6.53. The van der Waals surface area contributed by atoms with Gasteiger partial charge in [-0.05, 0) is 19.1 Å². The van der Waals surface area contributed by atoms with Gasteiger partial charge in [0, 0.05) is 23.6 Å². The maximum absolute atomic E-state index is 13.9. The Hall–Kier alpha value is -1.94. The van der Waals surface area contributed by atoms with E-state index in [2.05, 4.69) is 0 Å². The van der Waals surface area contributed by atoms with E-state index in [0.29, 0.717) is 12.2 Å². The van der Waals surface area contributed by atoms with Gasteiger partial charge in [0.05, 0.1) is 0 Å². The van der Waals surface area contributed by atoms with Crippen LogP contribution in [-0.4, -0.2) is 0 Å². The van der Waals surface area contributed by atoms with Crippen molar-refractivity contribution in [3.63, 3.8) is 0 Å². The van der Waals surface area contributed by atoms with Crippen molar-refractivity contribution in [1.29, 1.82) is 0 Å². The molecule has 104 valence electrons. The highest BCUT2D eigenvalue weighted by molar-refractivity contribution is 5.41. The summed E-state index contributed by atoms with van der Waals surface area (Å²) < 4.78 is 33.0. The Morgan fingerprint density at radius 2 is 1.95 bits per heavy atom. The first kappa shape index (κ1) is 13.1. The quantitative estimate of drug-likeness (QED) is 0.859. The van der Waals surface area contributed by atoms with Crippen molar-refractivity contribution in [2.24, 2.45) is 5.73 Å². The average molecular weight is 275 g/mol. The Labute approximate surface area is 116 Å². The summed E-state index contributed by atoms with van der Waals surface area (Å²) >= 11 is 0. The number of aryl methyl sites for hydroxylation is 1. The topological polar surface area (TPSA) is 35.2 Å². The van der Waals surface area contributed by atoms with Crippen molar-refractivity contribution in [3.8, 4) is 5.75 Å². The number of halogens is 2. The molecule has 3 rings (SSSR count). The van der Waals surface area contributed by atoms with Crippen LogP contribution in [0.25, 0.3) is 0 Å². The van der Waals surface area contributed by atoms with E-state index in [4.69, 9.17) is 10.5 Å². The molecule has 0 spiro atoms. The first-order valence-electron chi connectivity index (χ1n) is 6.53. The van der Waals surface area contributed by atoms with E-state index in [-0.39, 0.29) is 11.6 Å². The van der Waals surface area contributed by atoms with Crippen molar-refractivity contribution < 1.29 is 13.5 Å². The van der Waals surface area contributed by atoms with Crippen molar-refractivity contribution in [3.05, 3.63) is 64.7 Å². The van der Waals surface area contributed by atoms with Gasteiger partial charge in [0.1, 0.15) is 11.9 Å². The average Bonchev–Trinajstić information content (AvgIpc) is 2.42. The van der Waals surface area contributed by atoms with Gasteiger partial charge in [0.15, 0.2) is 11.6 Å². The van der Waals surface area contributed by atoms with Gasteiger partial charge in [-0.3, -0.25) is 0 Å². The monoisotopic (exact) mass is 275 g/mol. The molecule has 0 bridgehead atoms. The van der Waals surface area contributed by atoms with Crippen LogP contribution in [0.3, 0.4) is 0 Å². The molecule has 0 amide bonds. The van der Waals surface area contributed by atoms with Crippen LogP contribution in [0.1, 0.15) is 35.3 Å². The van der Waals surface area contributed by atoms with E-state index < -0.39 is 17.7 Å². The zero-order valence-corrected chi connectivity index (χ0v) is 11.1. The van der Waals surface area contributed by atoms with Gasteiger partial charge < -0.3 is 10.5 Å². The molecule has 0 saturated carbocycles. The summed E-state index contributed by atoms with van der Waals surface area (Å²) in [5.41, 5.74) is 8.36. The smallest absolute Gasteiger partial charge is 0.165 e. The number of rotatable bonds is 1. The highest BCUT2D eigenvalue weighted by atomic mass is 19.2. The van der Waals surface area contributed by atoms with Crippen LogP contribution >= 0.6 is 0 Å². The van der Waals surface area contributed by atoms with Gasteiger partial charge in [0.25, 0.3) is 0 Å². The number of fused-ring (bicyclic) bond motifs is 1. The van der Waals surface area contributed by atoms with Gasteiger partial charge in [-0.1, -0.05) is 29.8 Å². The largest absolute Gasteiger partial charge is 0.485 e. The third-order valence-electron chi connectivity index (χ3n) is 3.63. The number of hydrogen-bond donors (Lipinski definition) is 1. The summed E-state index contributed by atoms with van der Waals surface area (Å²) in [5, 5.41) is 0. The Bertz CT molecular complexity index is 657. The van der Waals surface area contributed by atoms with Gasteiger partial charge in [-0.15, -0.1) is 0 Å². The van der Waals surface area contributed by atoms with Crippen molar-refractivity contribution in [2.45, 2.75) is 25.5 Å². The van der Waals surface area contributed by atoms with Crippen molar-refractivity contribution in [2.75, 3.05) is 0 Å². The Morgan fingerprint density at radius 1 is 1.15 bits per heavy atom. The summed E-state index contributed by atoms with van der Waals surface area (Å²) in [6.45, 7) is 1.98. The Kier molecular flexibility index (Phi) is 3.18. The van der Waals surface area contributed by atoms with E-state index in [1.807, 2.05) is 25.1 Å². The van der Waals surface area contributed by atoms with Crippen LogP contribution < -0.4 is 10.5 Å². The molecule has 1 aliphatic rings. The standard InChI is InChI=1S/C16H15F2NO/c1-9-5-6-14-11(7-9)13(19)8-15(20-14)10-3-2-4-12(17)16(10)18/h2-7,13,15H,8,19H2,1H3/t13-,15?/m1/s1. The minimum Gasteiger partial charge on any atom is -0.485 e. The fourth-order valence-corrected chi connectivity index (χ4v) is 2.58. The molecule has 0 saturated heterocycles. The molecule has 2 atom stereocenters. The molecular formula is C16H15F2NO. The minimum atomic E-state index is -0.866. The van der Waals surface area contributed by atoms with Crippen LogP contribution in [0.15, 0.2) is 36.4 Å². The zero-order chi connectivity index (χ0) is 14.3.